The number of carbonyl (C=O) groups is 1. The van der Waals surface area contributed by atoms with Crippen molar-refractivity contribution in [2.75, 3.05) is 0 Å². The van der Waals surface area contributed by atoms with Gasteiger partial charge in [0.2, 0.25) is 0 Å². The minimum atomic E-state index is -0.203. The Kier molecular flexibility index (Phi) is 3.35. The first kappa shape index (κ1) is 13.1. The van der Waals surface area contributed by atoms with E-state index in [0.717, 1.165) is 6.42 Å². The number of hydrogen-bond acceptors (Lipinski definition) is 1. The van der Waals surface area contributed by atoms with Gasteiger partial charge in [-0.05, 0) is 25.6 Å². The average molecular weight is 272 g/mol. The van der Waals surface area contributed by atoms with Crippen LogP contribution in [0.1, 0.15) is 33.6 Å². The minimum absolute atomic E-state index is 0.203. The van der Waals surface area contributed by atoms with Crippen LogP contribution in [0.3, 0.4) is 0 Å². The molecule has 0 aromatic heterocycles. The van der Waals surface area contributed by atoms with E-state index in [-0.39, 0.29) is 7.92 Å². The summed E-state index contributed by atoms with van der Waals surface area (Å²) in [6, 6.07) is 10.9. The molecule has 0 spiro atoms. The highest BCUT2D eigenvalue weighted by Crippen LogP contribution is 2.67. The molecule has 1 aromatic carbocycles. The van der Waals surface area contributed by atoms with E-state index in [9.17, 15) is 4.79 Å². The molecule has 0 saturated carbocycles. The predicted octanol–water partition coefficient (Wildman–Crippen LogP) is 3.88. The van der Waals surface area contributed by atoms with Crippen LogP contribution in [0.15, 0.2) is 41.5 Å². The lowest BCUT2D eigenvalue weighted by Gasteiger charge is -2.23. The molecule has 2 bridgehead atoms. The molecular weight excluding hydrogens is 251 g/mol. The van der Waals surface area contributed by atoms with E-state index in [1.807, 2.05) is 6.92 Å². The Labute approximate surface area is 116 Å². The van der Waals surface area contributed by atoms with E-state index in [1.54, 1.807) is 5.57 Å². The van der Waals surface area contributed by atoms with Crippen LogP contribution in [0.5, 0.6) is 0 Å². The lowest BCUT2D eigenvalue weighted by Crippen LogP contribution is -2.26. The Balaban J connectivity index is 1.99. The van der Waals surface area contributed by atoms with Crippen molar-refractivity contribution in [3.8, 4) is 0 Å². The number of Topliss-reactive ketones (excluding diaryl/α,β-unsaturated/α-hetero) is 1. The normalized spacial score (nSPS) is 33.0. The molecular formula is C17H21OP. The topological polar surface area (TPSA) is 17.1 Å². The van der Waals surface area contributed by atoms with Gasteiger partial charge in [-0.2, -0.15) is 0 Å². The van der Waals surface area contributed by atoms with Gasteiger partial charge in [0.05, 0.1) is 0 Å². The van der Waals surface area contributed by atoms with Crippen LogP contribution in [0, 0.1) is 5.92 Å². The average Bonchev–Trinajstić information content (AvgIpc) is 2.94. The molecule has 100 valence electrons. The molecule has 19 heavy (non-hydrogen) atoms. The number of fused-ring (bicyclic) bond motifs is 2. The van der Waals surface area contributed by atoms with Gasteiger partial charge in [-0.15, -0.1) is 0 Å². The maximum Gasteiger partial charge on any atom is 0.136 e. The number of carbonyl (C=O) groups excluding carboxylic acids is 1. The molecule has 2 aliphatic heterocycles. The second kappa shape index (κ2) is 4.87. The van der Waals surface area contributed by atoms with Crippen molar-refractivity contribution in [2.45, 2.75) is 44.9 Å². The van der Waals surface area contributed by atoms with Crippen molar-refractivity contribution in [1.82, 2.24) is 0 Å². The first-order chi connectivity index (χ1) is 9.15. The third kappa shape index (κ3) is 1.91. The van der Waals surface area contributed by atoms with E-state index >= 15 is 0 Å². The summed E-state index contributed by atoms with van der Waals surface area (Å²) in [5.41, 5.74) is 4.26. The Bertz CT molecular complexity index is 531. The summed E-state index contributed by atoms with van der Waals surface area (Å²) in [5, 5.41) is 1.48. The van der Waals surface area contributed by atoms with Gasteiger partial charge in [0.25, 0.3) is 0 Å². The van der Waals surface area contributed by atoms with Crippen LogP contribution in [0.4, 0.5) is 0 Å². The van der Waals surface area contributed by atoms with Crippen molar-refractivity contribution in [3.05, 3.63) is 41.5 Å². The standard InChI is InChI=1S/C17H21OP/c1-4-15(18)14-10-16-11(2)12(3)17(14)19(16)13-8-6-5-7-9-13/h5-9,14,16-17H,4,10H2,1-3H3/t14-,16-,17-,19?/m1/s1. The second-order valence-corrected chi connectivity index (χ2v) is 8.24. The molecule has 4 atom stereocenters. The van der Waals surface area contributed by atoms with E-state index < -0.39 is 0 Å². The largest absolute Gasteiger partial charge is 0.299 e. The number of benzene rings is 1. The fourth-order valence-electron chi connectivity index (χ4n) is 3.77. The summed E-state index contributed by atoms with van der Waals surface area (Å²) in [5.74, 6) is 0.771. The molecule has 2 heteroatoms. The third-order valence-corrected chi connectivity index (χ3v) is 8.39. The van der Waals surface area contributed by atoms with Crippen molar-refractivity contribution in [3.63, 3.8) is 0 Å². The molecule has 0 radical (unpaired) electrons. The number of hydrogen-bond donors (Lipinski definition) is 0. The molecule has 0 N–H and O–H groups in total. The van der Waals surface area contributed by atoms with Gasteiger partial charge in [-0.25, -0.2) is 0 Å². The summed E-state index contributed by atoms with van der Waals surface area (Å²) < 4.78 is 0. The van der Waals surface area contributed by atoms with Crippen LogP contribution >= 0.6 is 7.92 Å². The Morgan fingerprint density at radius 2 is 1.89 bits per heavy atom. The van der Waals surface area contributed by atoms with Gasteiger partial charge in [0.1, 0.15) is 5.78 Å². The summed E-state index contributed by atoms with van der Waals surface area (Å²) in [6.07, 6.45) is 1.79. The minimum Gasteiger partial charge on any atom is -0.299 e. The number of allylic oxidation sites excluding steroid dienone is 2. The van der Waals surface area contributed by atoms with Crippen molar-refractivity contribution in [1.29, 1.82) is 0 Å². The summed E-state index contributed by atoms with van der Waals surface area (Å²) >= 11 is 0. The van der Waals surface area contributed by atoms with Crippen LogP contribution in [-0.2, 0) is 4.79 Å². The molecule has 0 aliphatic carbocycles. The van der Waals surface area contributed by atoms with E-state index in [2.05, 4.69) is 44.2 Å². The lowest BCUT2D eigenvalue weighted by molar-refractivity contribution is -0.122. The second-order valence-electron chi connectivity index (χ2n) is 5.73. The van der Waals surface area contributed by atoms with Crippen LogP contribution in [-0.4, -0.2) is 17.1 Å². The van der Waals surface area contributed by atoms with Crippen LogP contribution in [0.25, 0.3) is 0 Å². The Morgan fingerprint density at radius 1 is 1.21 bits per heavy atom. The SMILES string of the molecule is CCC(=O)[C@H]1C[C@@H]2C(C)=C(C)[C@H]1P2c1ccccc1. The predicted molar refractivity (Wildman–Crippen MR) is 82.4 cm³/mol. The van der Waals surface area contributed by atoms with Crippen molar-refractivity contribution in [2.24, 2.45) is 5.92 Å². The quantitative estimate of drug-likeness (QED) is 0.603. The molecule has 0 amide bonds. The maximum absolute atomic E-state index is 12.2. The molecule has 1 aromatic rings. The molecule has 2 heterocycles. The van der Waals surface area contributed by atoms with E-state index in [1.165, 1.54) is 10.9 Å². The van der Waals surface area contributed by atoms with Gasteiger partial charge in [0, 0.05) is 23.7 Å². The highest BCUT2D eigenvalue weighted by atomic mass is 31.1. The van der Waals surface area contributed by atoms with Crippen LogP contribution in [0.2, 0.25) is 0 Å². The molecule has 1 fully saturated rings. The smallest absolute Gasteiger partial charge is 0.136 e. The van der Waals surface area contributed by atoms with Gasteiger partial charge >= 0.3 is 0 Å². The molecule has 2 aliphatic rings. The number of ketones is 1. The van der Waals surface area contributed by atoms with Crippen LogP contribution < -0.4 is 5.30 Å². The zero-order valence-electron chi connectivity index (χ0n) is 11.9. The fourth-order valence-corrected chi connectivity index (χ4v) is 7.73. The van der Waals surface area contributed by atoms with Gasteiger partial charge < -0.3 is 0 Å². The van der Waals surface area contributed by atoms with Gasteiger partial charge in [-0.3, -0.25) is 4.79 Å². The fraction of sp³-hybridized carbons (Fsp3) is 0.471. The zero-order chi connectivity index (χ0) is 13.6. The lowest BCUT2D eigenvalue weighted by atomic mass is 9.82. The molecule has 1 saturated heterocycles. The molecule has 1 unspecified atom stereocenters. The first-order valence-electron chi connectivity index (χ1n) is 7.18. The van der Waals surface area contributed by atoms with Crippen molar-refractivity contribution >= 4 is 19.0 Å². The maximum atomic E-state index is 12.2. The summed E-state index contributed by atoms with van der Waals surface area (Å²) in [4.78, 5) is 12.2. The van der Waals surface area contributed by atoms with E-state index in [4.69, 9.17) is 0 Å². The van der Waals surface area contributed by atoms with Gasteiger partial charge in [0.15, 0.2) is 0 Å². The number of rotatable bonds is 3. The highest BCUT2D eigenvalue weighted by Gasteiger charge is 2.52. The van der Waals surface area contributed by atoms with Crippen molar-refractivity contribution < 1.29 is 4.79 Å². The Hall–Kier alpha value is -0.940. The summed E-state index contributed by atoms with van der Waals surface area (Å²) in [6.45, 7) is 6.54. The van der Waals surface area contributed by atoms with E-state index in [0.29, 0.717) is 29.4 Å². The molecule has 1 nitrogen and oxygen atoms in total. The highest BCUT2D eigenvalue weighted by molar-refractivity contribution is 7.68. The van der Waals surface area contributed by atoms with Gasteiger partial charge in [-0.1, -0.05) is 56.3 Å². The zero-order valence-corrected chi connectivity index (χ0v) is 12.8. The molecule has 3 rings (SSSR count). The first-order valence-corrected chi connectivity index (χ1v) is 8.66. The summed E-state index contributed by atoms with van der Waals surface area (Å²) in [7, 11) is -0.203. The monoisotopic (exact) mass is 272 g/mol. The third-order valence-electron chi connectivity index (χ3n) is 4.88. The Morgan fingerprint density at radius 3 is 2.53 bits per heavy atom.